The number of benzene rings is 1. The number of halogens is 1. The normalized spacial score (nSPS) is 25.4. The molecule has 3 N–H and O–H groups in total. The van der Waals surface area contributed by atoms with Gasteiger partial charge in [0, 0.05) is 5.56 Å². The third-order valence-electron chi connectivity index (χ3n) is 2.44. The number of nitrogens with two attached hydrogens (primary N) is 1. The Kier molecular flexibility index (Phi) is 2.17. The van der Waals surface area contributed by atoms with Crippen molar-refractivity contribution in [3.05, 3.63) is 29.1 Å². The van der Waals surface area contributed by atoms with E-state index in [1.165, 1.54) is 12.1 Å². The molecular weight excluding hydrogens is 185 g/mol. The van der Waals surface area contributed by atoms with Gasteiger partial charge >= 0.3 is 0 Å². The smallest absolute Gasteiger partial charge is 0.127 e. The molecule has 1 aromatic rings. The summed E-state index contributed by atoms with van der Waals surface area (Å²) < 4.78 is 18.4. The Morgan fingerprint density at radius 1 is 1.57 bits per heavy atom. The number of ether oxygens (including phenoxy) is 1. The number of hydrogen-bond acceptors (Lipinski definition) is 3. The Labute approximate surface area is 81.3 Å². The molecule has 0 aliphatic carbocycles. The molecule has 0 radical (unpaired) electrons. The minimum absolute atomic E-state index is 0.167. The van der Waals surface area contributed by atoms with Crippen molar-refractivity contribution in [1.29, 1.82) is 0 Å². The first-order valence-electron chi connectivity index (χ1n) is 4.46. The predicted octanol–water partition coefficient (Wildman–Crippen LogP) is 0.887. The van der Waals surface area contributed by atoms with E-state index < -0.39 is 12.1 Å². The predicted molar refractivity (Wildman–Crippen MR) is 49.6 cm³/mol. The Bertz CT molecular complexity index is 367. The van der Waals surface area contributed by atoms with Crippen LogP contribution < -0.4 is 10.5 Å². The number of aryl methyl sites for hydroxylation is 1. The second-order valence-corrected chi connectivity index (χ2v) is 3.55. The highest BCUT2D eigenvalue weighted by Crippen LogP contribution is 2.34. The summed E-state index contributed by atoms with van der Waals surface area (Å²) in [6, 6.07) is 2.15. The number of aliphatic hydroxyl groups excluding tert-OH is 1. The maximum Gasteiger partial charge on any atom is 0.127 e. The van der Waals surface area contributed by atoms with Crippen molar-refractivity contribution < 1.29 is 14.2 Å². The van der Waals surface area contributed by atoms with Gasteiger partial charge in [-0.25, -0.2) is 4.39 Å². The van der Waals surface area contributed by atoms with Crippen LogP contribution in [-0.4, -0.2) is 17.8 Å². The van der Waals surface area contributed by atoms with Crippen LogP contribution in [0.2, 0.25) is 0 Å². The molecule has 0 amide bonds. The van der Waals surface area contributed by atoms with Crippen LogP contribution in [0.3, 0.4) is 0 Å². The molecule has 2 atom stereocenters. The van der Waals surface area contributed by atoms with Gasteiger partial charge in [0.25, 0.3) is 0 Å². The van der Waals surface area contributed by atoms with E-state index in [4.69, 9.17) is 10.5 Å². The van der Waals surface area contributed by atoms with E-state index in [1.807, 2.05) is 0 Å². The largest absolute Gasteiger partial charge is 0.490 e. The van der Waals surface area contributed by atoms with Gasteiger partial charge in [-0.3, -0.25) is 0 Å². The van der Waals surface area contributed by atoms with E-state index in [-0.39, 0.29) is 12.4 Å². The summed E-state index contributed by atoms with van der Waals surface area (Å²) in [5.74, 6) is 0.249. The number of hydrogen-bond donors (Lipinski definition) is 2. The van der Waals surface area contributed by atoms with Crippen molar-refractivity contribution in [3.8, 4) is 5.75 Å². The van der Waals surface area contributed by atoms with Gasteiger partial charge in [0.15, 0.2) is 0 Å². The van der Waals surface area contributed by atoms with Crippen LogP contribution in [-0.2, 0) is 0 Å². The van der Waals surface area contributed by atoms with Gasteiger partial charge in [-0.05, 0) is 24.6 Å². The molecule has 0 aromatic heterocycles. The Morgan fingerprint density at radius 3 is 3.00 bits per heavy atom. The number of rotatable bonds is 0. The number of fused-ring (bicyclic) bond motifs is 1. The molecule has 1 aliphatic heterocycles. The van der Waals surface area contributed by atoms with Crippen LogP contribution in [0.1, 0.15) is 17.2 Å². The molecule has 76 valence electrons. The quantitative estimate of drug-likeness (QED) is 0.649. The summed E-state index contributed by atoms with van der Waals surface area (Å²) in [7, 11) is 0. The first-order chi connectivity index (χ1) is 6.59. The van der Waals surface area contributed by atoms with Crippen molar-refractivity contribution in [1.82, 2.24) is 0 Å². The van der Waals surface area contributed by atoms with Gasteiger partial charge in [0.2, 0.25) is 0 Å². The van der Waals surface area contributed by atoms with E-state index in [0.29, 0.717) is 16.9 Å². The van der Waals surface area contributed by atoms with Crippen molar-refractivity contribution >= 4 is 0 Å². The highest BCUT2D eigenvalue weighted by molar-refractivity contribution is 5.44. The summed E-state index contributed by atoms with van der Waals surface area (Å²) in [5, 5.41) is 9.43. The van der Waals surface area contributed by atoms with E-state index in [0.717, 1.165) is 0 Å². The van der Waals surface area contributed by atoms with Crippen LogP contribution in [0.4, 0.5) is 4.39 Å². The highest BCUT2D eigenvalue weighted by atomic mass is 19.1. The monoisotopic (exact) mass is 197 g/mol. The topological polar surface area (TPSA) is 55.5 Å². The average Bonchev–Trinajstić information content (AvgIpc) is 2.12. The molecule has 0 spiro atoms. The van der Waals surface area contributed by atoms with Gasteiger partial charge in [0.05, 0.1) is 6.04 Å². The van der Waals surface area contributed by atoms with E-state index in [9.17, 15) is 9.50 Å². The molecular formula is C10H12FNO2. The minimum atomic E-state index is -0.760. The second-order valence-electron chi connectivity index (χ2n) is 3.55. The van der Waals surface area contributed by atoms with Gasteiger partial charge in [-0.2, -0.15) is 0 Å². The van der Waals surface area contributed by atoms with Crippen LogP contribution in [0.15, 0.2) is 12.1 Å². The van der Waals surface area contributed by atoms with Crippen molar-refractivity contribution in [2.24, 2.45) is 5.73 Å². The molecule has 0 saturated heterocycles. The van der Waals surface area contributed by atoms with Crippen molar-refractivity contribution in [2.45, 2.75) is 19.1 Å². The Hall–Kier alpha value is -1.13. The van der Waals surface area contributed by atoms with Crippen LogP contribution >= 0.6 is 0 Å². The third kappa shape index (κ3) is 1.36. The molecule has 2 rings (SSSR count). The van der Waals surface area contributed by atoms with Crippen LogP contribution in [0.5, 0.6) is 5.75 Å². The van der Waals surface area contributed by atoms with Gasteiger partial charge < -0.3 is 15.6 Å². The maximum absolute atomic E-state index is 13.1. The first-order valence-corrected chi connectivity index (χ1v) is 4.46. The standard InChI is InChI=1S/C10H12FNO2/c1-5-2-6(11)3-7-9(12)8(13)4-14-10(5)7/h2-3,8-9,13H,4,12H2,1H3/t8-,9+/m1/s1. The van der Waals surface area contributed by atoms with Crippen LogP contribution in [0, 0.1) is 12.7 Å². The van der Waals surface area contributed by atoms with Crippen molar-refractivity contribution in [3.63, 3.8) is 0 Å². The molecule has 0 fully saturated rings. The van der Waals surface area contributed by atoms with Crippen molar-refractivity contribution in [2.75, 3.05) is 6.61 Å². The molecule has 0 bridgehead atoms. The fourth-order valence-corrected chi connectivity index (χ4v) is 1.68. The molecule has 14 heavy (non-hydrogen) atoms. The van der Waals surface area contributed by atoms with E-state index in [2.05, 4.69) is 0 Å². The van der Waals surface area contributed by atoms with Gasteiger partial charge in [-0.15, -0.1) is 0 Å². The summed E-state index contributed by atoms with van der Waals surface area (Å²) in [6.07, 6.45) is -0.760. The zero-order chi connectivity index (χ0) is 10.3. The molecule has 1 heterocycles. The lowest BCUT2D eigenvalue weighted by molar-refractivity contribution is 0.0672. The molecule has 1 aliphatic rings. The van der Waals surface area contributed by atoms with E-state index >= 15 is 0 Å². The zero-order valence-corrected chi connectivity index (χ0v) is 7.83. The fraction of sp³-hybridized carbons (Fsp3) is 0.400. The molecule has 1 aromatic carbocycles. The third-order valence-corrected chi connectivity index (χ3v) is 2.44. The summed E-state index contributed by atoms with van der Waals surface area (Å²) in [4.78, 5) is 0. The zero-order valence-electron chi connectivity index (χ0n) is 7.83. The second kappa shape index (κ2) is 3.22. The SMILES string of the molecule is Cc1cc(F)cc2c1OC[C@@H](O)[C@H]2N. The Morgan fingerprint density at radius 2 is 2.29 bits per heavy atom. The molecule has 4 heteroatoms. The van der Waals surface area contributed by atoms with E-state index in [1.54, 1.807) is 6.92 Å². The Balaban J connectivity index is 2.54. The summed E-state index contributed by atoms with van der Waals surface area (Å²) in [6.45, 7) is 1.92. The highest BCUT2D eigenvalue weighted by Gasteiger charge is 2.27. The number of aliphatic hydroxyl groups is 1. The summed E-state index contributed by atoms with van der Waals surface area (Å²) in [5.41, 5.74) is 6.98. The average molecular weight is 197 g/mol. The van der Waals surface area contributed by atoms with Crippen LogP contribution in [0.25, 0.3) is 0 Å². The lowest BCUT2D eigenvalue weighted by Crippen LogP contribution is -2.36. The fourth-order valence-electron chi connectivity index (χ4n) is 1.68. The molecule has 0 saturated carbocycles. The summed E-state index contributed by atoms with van der Waals surface area (Å²) >= 11 is 0. The minimum Gasteiger partial charge on any atom is -0.490 e. The van der Waals surface area contributed by atoms with Gasteiger partial charge in [0.1, 0.15) is 24.3 Å². The van der Waals surface area contributed by atoms with Gasteiger partial charge in [-0.1, -0.05) is 0 Å². The lowest BCUT2D eigenvalue weighted by atomic mass is 9.97. The molecule has 0 unspecified atom stereocenters. The molecule has 3 nitrogen and oxygen atoms in total. The lowest BCUT2D eigenvalue weighted by Gasteiger charge is -2.28. The maximum atomic E-state index is 13.1. The first kappa shape index (κ1) is 9.43.